The van der Waals surface area contributed by atoms with E-state index in [1.54, 1.807) is 18.5 Å². The number of aromatic nitrogens is 3. The molecule has 2 aromatic rings. The lowest BCUT2D eigenvalue weighted by atomic mass is 9.98. The Labute approximate surface area is 139 Å². The van der Waals surface area contributed by atoms with Crippen LogP contribution < -0.4 is 0 Å². The molecule has 1 unspecified atom stereocenters. The second-order valence-electron chi connectivity index (χ2n) is 6.76. The lowest BCUT2D eigenvalue weighted by Gasteiger charge is -2.23. The molecule has 2 fully saturated rings. The SMILES string of the molecule is O=[N+]([O-])c1ccc(-c2ncn(CC3CCC4(CCCC4)O3)n2)cc1. The number of benzene rings is 1. The summed E-state index contributed by atoms with van der Waals surface area (Å²) in [5, 5.41) is 15.2. The predicted molar refractivity (Wildman–Crippen MR) is 87.4 cm³/mol. The van der Waals surface area contributed by atoms with E-state index in [2.05, 4.69) is 10.1 Å². The third-order valence-electron chi connectivity index (χ3n) is 5.12. The molecule has 1 aromatic heterocycles. The monoisotopic (exact) mass is 328 g/mol. The van der Waals surface area contributed by atoms with Crippen LogP contribution in [0.25, 0.3) is 11.4 Å². The normalized spacial score (nSPS) is 22.2. The number of rotatable bonds is 4. The maximum absolute atomic E-state index is 10.7. The molecule has 1 aliphatic heterocycles. The van der Waals surface area contributed by atoms with Crippen LogP contribution in [0.3, 0.4) is 0 Å². The molecule has 0 amide bonds. The largest absolute Gasteiger partial charge is 0.370 e. The Morgan fingerprint density at radius 3 is 2.71 bits per heavy atom. The molecule has 0 radical (unpaired) electrons. The molecule has 1 saturated heterocycles. The van der Waals surface area contributed by atoms with Crippen molar-refractivity contribution in [2.24, 2.45) is 0 Å². The summed E-state index contributed by atoms with van der Waals surface area (Å²) in [6.07, 6.45) is 9.08. The smallest absolute Gasteiger partial charge is 0.269 e. The topological polar surface area (TPSA) is 83.1 Å². The zero-order valence-electron chi connectivity index (χ0n) is 13.4. The molecule has 1 spiro atoms. The van der Waals surface area contributed by atoms with Crippen molar-refractivity contribution in [1.82, 2.24) is 14.8 Å². The van der Waals surface area contributed by atoms with Gasteiger partial charge in [-0.3, -0.25) is 10.1 Å². The highest BCUT2D eigenvalue weighted by molar-refractivity contribution is 5.56. The standard InChI is InChI=1S/C17H20N4O3/c22-21(23)14-5-3-13(4-6-14)16-18-12-20(19-16)11-15-7-10-17(24-15)8-1-2-9-17/h3-6,12,15H,1-2,7-11H2. The summed E-state index contributed by atoms with van der Waals surface area (Å²) in [5.74, 6) is 0.582. The van der Waals surface area contributed by atoms with Gasteiger partial charge in [0.25, 0.3) is 5.69 Å². The van der Waals surface area contributed by atoms with Crippen molar-refractivity contribution in [1.29, 1.82) is 0 Å². The maximum Gasteiger partial charge on any atom is 0.269 e. The molecule has 1 atom stereocenters. The third-order valence-corrected chi connectivity index (χ3v) is 5.12. The Morgan fingerprint density at radius 1 is 1.25 bits per heavy atom. The molecule has 0 bridgehead atoms. The first kappa shape index (κ1) is 15.3. The molecule has 0 N–H and O–H groups in total. The van der Waals surface area contributed by atoms with Gasteiger partial charge in [-0.05, 0) is 37.8 Å². The minimum Gasteiger partial charge on any atom is -0.370 e. The number of nitro benzene ring substituents is 1. The number of nitrogens with zero attached hydrogens (tertiary/aromatic N) is 4. The zero-order chi connectivity index (χ0) is 16.6. The number of ether oxygens (including phenoxy) is 1. The van der Waals surface area contributed by atoms with Crippen molar-refractivity contribution >= 4 is 5.69 Å². The predicted octanol–water partition coefficient (Wildman–Crippen LogP) is 3.35. The first-order valence-corrected chi connectivity index (χ1v) is 8.46. The fraction of sp³-hybridized carbons (Fsp3) is 0.529. The van der Waals surface area contributed by atoms with Crippen LogP contribution >= 0.6 is 0 Å². The van der Waals surface area contributed by atoms with E-state index in [0.29, 0.717) is 12.4 Å². The van der Waals surface area contributed by atoms with Crippen LogP contribution in [-0.2, 0) is 11.3 Å². The molecule has 1 aromatic carbocycles. The van der Waals surface area contributed by atoms with Gasteiger partial charge in [0.05, 0.1) is 23.2 Å². The highest BCUT2D eigenvalue weighted by Gasteiger charge is 2.42. The second-order valence-corrected chi connectivity index (χ2v) is 6.76. The number of nitro groups is 1. The van der Waals surface area contributed by atoms with E-state index in [-0.39, 0.29) is 17.4 Å². The van der Waals surface area contributed by atoms with Crippen LogP contribution in [0, 0.1) is 10.1 Å². The van der Waals surface area contributed by atoms with Crippen LogP contribution in [-0.4, -0.2) is 31.4 Å². The minimum atomic E-state index is -0.411. The van der Waals surface area contributed by atoms with Crippen molar-refractivity contribution < 1.29 is 9.66 Å². The summed E-state index contributed by atoms with van der Waals surface area (Å²) >= 11 is 0. The van der Waals surface area contributed by atoms with E-state index < -0.39 is 4.92 Å². The lowest BCUT2D eigenvalue weighted by molar-refractivity contribution is -0.384. The summed E-state index contributed by atoms with van der Waals surface area (Å²) < 4.78 is 8.12. The molecule has 126 valence electrons. The highest BCUT2D eigenvalue weighted by atomic mass is 16.6. The first-order chi connectivity index (χ1) is 11.6. The summed E-state index contributed by atoms with van der Waals surface area (Å²) in [4.78, 5) is 14.6. The summed E-state index contributed by atoms with van der Waals surface area (Å²) in [5.41, 5.74) is 0.977. The van der Waals surface area contributed by atoms with Gasteiger partial charge < -0.3 is 4.74 Å². The molecule has 1 aliphatic carbocycles. The Bertz CT molecular complexity index is 735. The van der Waals surface area contributed by atoms with Gasteiger partial charge >= 0.3 is 0 Å². The molecule has 7 heteroatoms. The van der Waals surface area contributed by atoms with Gasteiger partial charge in [0.15, 0.2) is 5.82 Å². The second kappa shape index (κ2) is 5.98. The number of non-ortho nitro benzene ring substituents is 1. The van der Waals surface area contributed by atoms with E-state index in [0.717, 1.165) is 18.4 Å². The molecule has 2 aliphatic rings. The van der Waals surface area contributed by atoms with E-state index in [1.165, 1.54) is 37.8 Å². The van der Waals surface area contributed by atoms with Gasteiger partial charge in [0, 0.05) is 17.7 Å². The Balaban J connectivity index is 1.42. The van der Waals surface area contributed by atoms with Crippen molar-refractivity contribution in [3.63, 3.8) is 0 Å². The van der Waals surface area contributed by atoms with Crippen molar-refractivity contribution in [3.05, 3.63) is 40.7 Å². The van der Waals surface area contributed by atoms with E-state index in [9.17, 15) is 10.1 Å². The highest BCUT2D eigenvalue weighted by Crippen LogP contribution is 2.43. The van der Waals surface area contributed by atoms with Gasteiger partial charge in [-0.15, -0.1) is 0 Å². The molecule has 1 saturated carbocycles. The van der Waals surface area contributed by atoms with Crippen LogP contribution in [0.4, 0.5) is 5.69 Å². The molecular weight excluding hydrogens is 308 g/mol. The van der Waals surface area contributed by atoms with E-state index in [4.69, 9.17) is 4.74 Å². The van der Waals surface area contributed by atoms with Crippen LogP contribution in [0.15, 0.2) is 30.6 Å². The fourth-order valence-corrected chi connectivity index (χ4v) is 3.87. The van der Waals surface area contributed by atoms with Crippen molar-refractivity contribution in [3.8, 4) is 11.4 Å². The van der Waals surface area contributed by atoms with Crippen molar-refractivity contribution in [2.75, 3.05) is 0 Å². The average molecular weight is 328 g/mol. The van der Waals surface area contributed by atoms with Gasteiger partial charge in [-0.25, -0.2) is 9.67 Å². The lowest BCUT2D eigenvalue weighted by Crippen LogP contribution is -2.26. The van der Waals surface area contributed by atoms with E-state index >= 15 is 0 Å². The first-order valence-electron chi connectivity index (χ1n) is 8.46. The van der Waals surface area contributed by atoms with Crippen LogP contribution in [0.1, 0.15) is 38.5 Å². The third kappa shape index (κ3) is 2.91. The Morgan fingerprint density at radius 2 is 2.00 bits per heavy atom. The van der Waals surface area contributed by atoms with E-state index in [1.807, 2.05) is 4.68 Å². The molecular formula is C17H20N4O3. The molecule has 4 rings (SSSR count). The quantitative estimate of drug-likeness (QED) is 0.635. The van der Waals surface area contributed by atoms with Gasteiger partial charge in [-0.2, -0.15) is 5.10 Å². The molecule has 7 nitrogen and oxygen atoms in total. The minimum absolute atomic E-state index is 0.0689. The summed E-state index contributed by atoms with van der Waals surface area (Å²) in [6, 6.07) is 6.30. The van der Waals surface area contributed by atoms with Gasteiger partial charge in [0.2, 0.25) is 0 Å². The maximum atomic E-state index is 10.7. The Hall–Kier alpha value is -2.28. The summed E-state index contributed by atoms with van der Waals surface area (Å²) in [6.45, 7) is 0.710. The average Bonchev–Trinajstić information content (AvgIpc) is 3.31. The summed E-state index contributed by atoms with van der Waals surface area (Å²) in [7, 11) is 0. The Kier molecular flexibility index (Phi) is 3.80. The van der Waals surface area contributed by atoms with Gasteiger partial charge in [-0.1, -0.05) is 12.8 Å². The number of hydrogen-bond acceptors (Lipinski definition) is 5. The van der Waals surface area contributed by atoms with Crippen LogP contribution in [0.2, 0.25) is 0 Å². The van der Waals surface area contributed by atoms with Crippen molar-refractivity contribution in [2.45, 2.75) is 56.8 Å². The van der Waals surface area contributed by atoms with Crippen LogP contribution in [0.5, 0.6) is 0 Å². The molecule has 24 heavy (non-hydrogen) atoms. The fourth-order valence-electron chi connectivity index (χ4n) is 3.87. The molecule has 2 heterocycles. The zero-order valence-corrected chi connectivity index (χ0v) is 13.4. The van der Waals surface area contributed by atoms with Gasteiger partial charge in [0.1, 0.15) is 6.33 Å². The number of hydrogen-bond donors (Lipinski definition) is 0.